The van der Waals surface area contributed by atoms with Crippen molar-refractivity contribution in [1.82, 2.24) is 10.2 Å². The maximum Gasteiger partial charge on any atom is 0.161 e. The largest absolute Gasteiger partial charge is 0.486 e. The van der Waals surface area contributed by atoms with Crippen molar-refractivity contribution in [3.05, 3.63) is 24.3 Å². The van der Waals surface area contributed by atoms with Crippen LogP contribution in [0.15, 0.2) is 24.3 Å². The molecule has 4 rings (SSSR count). The van der Waals surface area contributed by atoms with Crippen LogP contribution in [0.4, 0.5) is 0 Å². The molecule has 1 aromatic carbocycles. The van der Waals surface area contributed by atoms with Gasteiger partial charge in [-0.1, -0.05) is 12.1 Å². The van der Waals surface area contributed by atoms with Crippen LogP contribution in [0.25, 0.3) is 0 Å². The van der Waals surface area contributed by atoms with Gasteiger partial charge in [-0.15, -0.1) is 0 Å². The van der Waals surface area contributed by atoms with Gasteiger partial charge in [-0.3, -0.25) is 4.90 Å². The fourth-order valence-electron chi connectivity index (χ4n) is 4.20. The molecule has 2 bridgehead atoms. The van der Waals surface area contributed by atoms with Crippen LogP contribution in [0.3, 0.4) is 0 Å². The fourth-order valence-corrected chi connectivity index (χ4v) is 4.20. The normalized spacial score (nSPS) is 34.9. The van der Waals surface area contributed by atoms with Crippen molar-refractivity contribution in [2.24, 2.45) is 0 Å². The van der Waals surface area contributed by atoms with Crippen LogP contribution in [0, 0.1) is 0 Å². The summed E-state index contributed by atoms with van der Waals surface area (Å²) in [7, 11) is 2.09. The molecule has 4 heteroatoms. The highest BCUT2D eigenvalue weighted by molar-refractivity contribution is 5.40. The van der Waals surface area contributed by atoms with E-state index in [1.165, 1.54) is 25.7 Å². The zero-order valence-electron chi connectivity index (χ0n) is 12.6. The third-order valence-corrected chi connectivity index (χ3v) is 5.27. The minimum Gasteiger partial charge on any atom is -0.486 e. The summed E-state index contributed by atoms with van der Waals surface area (Å²) in [6.45, 7) is 1.67. The molecule has 0 radical (unpaired) electrons. The number of ether oxygens (including phenoxy) is 2. The lowest BCUT2D eigenvalue weighted by Gasteiger charge is -2.41. The summed E-state index contributed by atoms with van der Waals surface area (Å²) in [5.74, 6) is 1.77. The summed E-state index contributed by atoms with van der Waals surface area (Å²) < 4.78 is 12.0. The van der Waals surface area contributed by atoms with Crippen LogP contribution in [0.2, 0.25) is 0 Å². The van der Waals surface area contributed by atoms with Crippen molar-refractivity contribution in [3.8, 4) is 11.5 Å². The Morgan fingerprint density at radius 2 is 1.86 bits per heavy atom. The zero-order valence-corrected chi connectivity index (χ0v) is 12.6. The Hall–Kier alpha value is -1.26. The van der Waals surface area contributed by atoms with E-state index in [0.29, 0.717) is 12.6 Å². The molecule has 3 aliphatic heterocycles. The van der Waals surface area contributed by atoms with E-state index in [-0.39, 0.29) is 6.10 Å². The molecule has 0 spiro atoms. The van der Waals surface area contributed by atoms with Gasteiger partial charge >= 0.3 is 0 Å². The minimum absolute atomic E-state index is 0.161. The highest BCUT2D eigenvalue weighted by atomic mass is 16.6. The Morgan fingerprint density at radius 3 is 2.57 bits per heavy atom. The van der Waals surface area contributed by atoms with Crippen molar-refractivity contribution in [2.75, 3.05) is 20.2 Å². The number of nitrogens with one attached hydrogen (secondary N) is 1. The SMILES string of the molecule is CNC1CC2CCC(C1)N2CC1COc2ccccc2O1. The van der Waals surface area contributed by atoms with E-state index in [2.05, 4.69) is 17.3 Å². The van der Waals surface area contributed by atoms with E-state index in [9.17, 15) is 0 Å². The number of para-hydroxylation sites is 2. The molecule has 21 heavy (non-hydrogen) atoms. The van der Waals surface area contributed by atoms with Crippen molar-refractivity contribution in [3.63, 3.8) is 0 Å². The van der Waals surface area contributed by atoms with E-state index < -0.39 is 0 Å². The monoisotopic (exact) mass is 288 g/mol. The molecule has 3 unspecified atom stereocenters. The van der Waals surface area contributed by atoms with Gasteiger partial charge in [0.15, 0.2) is 11.5 Å². The number of hydrogen-bond acceptors (Lipinski definition) is 4. The van der Waals surface area contributed by atoms with Crippen LogP contribution in [-0.4, -0.2) is 49.3 Å². The summed E-state index contributed by atoms with van der Waals surface area (Å²) in [6, 6.07) is 10.1. The number of nitrogens with zero attached hydrogens (tertiary/aromatic N) is 1. The Labute approximate surface area is 126 Å². The van der Waals surface area contributed by atoms with Gasteiger partial charge in [0.25, 0.3) is 0 Å². The van der Waals surface area contributed by atoms with Gasteiger partial charge < -0.3 is 14.8 Å². The van der Waals surface area contributed by atoms with Crippen LogP contribution < -0.4 is 14.8 Å². The summed E-state index contributed by atoms with van der Waals surface area (Å²) in [5, 5.41) is 3.46. The molecule has 0 aliphatic carbocycles. The lowest BCUT2D eigenvalue weighted by atomic mass is 9.97. The van der Waals surface area contributed by atoms with Gasteiger partial charge in [0.1, 0.15) is 12.7 Å². The summed E-state index contributed by atoms with van der Waals surface area (Å²) in [5.41, 5.74) is 0. The minimum atomic E-state index is 0.161. The van der Waals surface area contributed by atoms with Crippen molar-refractivity contribution < 1.29 is 9.47 Å². The van der Waals surface area contributed by atoms with E-state index in [1.54, 1.807) is 0 Å². The molecule has 0 amide bonds. The van der Waals surface area contributed by atoms with Crippen LogP contribution >= 0.6 is 0 Å². The van der Waals surface area contributed by atoms with Gasteiger partial charge in [-0.25, -0.2) is 0 Å². The molecule has 1 N–H and O–H groups in total. The third-order valence-electron chi connectivity index (χ3n) is 5.27. The van der Waals surface area contributed by atoms with Crippen molar-refractivity contribution in [1.29, 1.82) is 0 Å². The maximum absolute atomic E-state index is 6.13. The van der Waals surface area contributed by atoms with Crippen LogP contribution in [0.1, 0.15) is 25.7 Å². The quantitative estimate of drug-likeness (QED) is 0.923. The summed E-state index contributed by atoms with van der Waals surface area (Å²) in [4.78, 5) is 2.68. The molecule has 3 aliphatic rings. The molecule has 114 valence electrons. The number of piperidine rings is 1. The smallest absolute Gasteiger partial charge is 0.161 e. The first-order chi connectivity index (χ1) is 10.3. The Bertz CT molecular complexity index is 493. The Balaban J connectivity index is 1.42. The highest BCUT2D eigenvalue weighted by Gasteiger charge is 2.41. The van der Waals surface area contributed by atoms with Gasteiger partial charge in [0.2, 0.25) is 0 Å². The molecule has 2 fully saturated rings. The van der Waals surface area contributed by atoms with E-state index >= 15 is 0 Å². The predicted molar refractivity (Wildman–Crippen MR) is 82.0 cm³/mol. The second kappa shape index (κ2) is 5.50. The van der Waals surface area contributed by atoms with E-state index in [4.69, 9.17) is 9.47 Å². The van der Waals surface area contributed by atoms with E-state index in [1.807, 2.05) is 24.3 Å². The third kappa shape index (κ3) is 2.51. The summed E-state index contributed by atoms with van der Waals surface area (Å²) in [6.07, 6.45) is 5.39. The topological polar surface area (TPSA) is 33.7 Å². The second-order valence-corrected chi connectivity index (χ2v) is 6.54. The fraction of sp³-hybridized carbons (Fsp3) is 0.647. The Morgan fingerprint density at radius 1 is 1.14 bits per heavy atom. The Kier molecular flexibility index (Phi) is 3.51. The first-order valence-electron chi connectivity index (χ1n) is 8.15. The zero-order chi connectivity index (χ0) is 14.2. The van der Waals surface area contributed by atoms with Crippen LogP contribution in [0.5, 0.6) is 11.5 Å². The molecule has 0 aromatic heterocycles. The highest BCUT2D eigenvalue weighted by Crippen LogP contribution is 2.37. The summed E-state index contributed by atoms with van der Waals surface area (Å²) >= 11 is 0. The number of hydrogen-bond donors (Lipinski definition) is 1. The van der Waals surface area contributed by atoms with Gasteiger partial charge in [0.05, 0.1) is 0 Å². The standard InChI is InChI=1S/C17H24N2O2/c1-18-12-8-13-6-7-14(9-12)19(13)10-15-11-20-16-4-2-3-5-17(16)21-15/h2-5,12-15,18H,6-11H2,1H3. The molecule has 3 heterocycles. The first kappa shape index (κ1) is 13.4. The van der Waals surface area contributed by atoms with Gasteiger partial charge in [-0.2, -0.15) is 0 Å². The average molecular weight is 288 g/mol. The first-order valence-corrected chi connectivity index (χ1v) is 8.15. The number of fused-ring (bicyclic) bond motifs is 3. The number of rotatable bonds is 3. The molecule has 0 saturated carbocycles. The van der Waals surface area contributed by atoms with Crippen LogP contribution in [-0.2, 0) is 0 Å². The lowest BCUT2D eigenvalue weighted by molar-refractivity contribution is 0.0258. The molecule has 2 saturated heterocycles. The second-order valence-electron chi connectivity index (χ2n) is 6.54. The van der Waals surface area contributed by atoms with Gasteiger partial charge in [0, 0.05) is 24.7 Å². The maximum atomic E-state index is 6.13. The lowest BCUT2D eigenvalue weighted by Crippen LogP contribution is -2.52. The molecular formula is C17H24N2O2. The molecule has 3 atom stereocenters. The predicted octanol–water partition coefficient (Wildman–Crippen LogP) is 2.04. The van der Waals surface area contributed by atoms with Gasteiger partial charge in [-0.05, 0) is 44.9 Å². The molecule has 4 nitrogen and oxygen atoms in total. The molecular weight excluding hydrogens is 264 g/mol. The molecule has 1 aromatic rings. The number of benzene rings is 1. The average Bonchev–Trinajstić information content (AvgIpc) is 2.76. The van der Waals surface area contributed by atoms with Crippen molar-refractivity contribution in [2.45, 2.75) is 49.9 Å². The van der Waals surface area contributed by atoms with E-state index in [0.717, 1.165) is 30.1 Å². The van der Waals surface area contributed by atoms with Crippen molar-refractivity contribution >= 4 is 0 Å².